The molecule has 1 heterocycles. The zero-order chi connectivity index (χ0) is 9.97. The lowest BCUT2D eigenvalue weighted by Gasteiger charge is -2.10. The number of rotatable bonds is 2. The van der Waals surface area contributed by atoms with Crippen molar-refractivity contribution >= 4 is 5.91 Å². The van der Waals surface area contributed by atoms with Gasteiger partial charge in [-0.2, -0.15) is 0 Å². The van der Waals surface area contributed by atoms with Gasteiger partial charge in [-0.1, -0.05) is 24.3 Å². The Balaban J connectivity index is 2.19. The Hall–Kier alpha value is -1.35. The molecule has 14 heavy (non-hydrogen) atoms. The molecule has 0 spiro atoms. The fourth-order valence-electron chi connectivity index (χ4n) is 1.77. The van der Waals surface area contributed by atoms with Crippen molar-refractivity contribution in [3.8, 4) is 0 Å². The zero-order valence-electron chi connectivity index (χ0n) is 7.86. The number of hydrogen-bond donors (Lipinski definition) is 2. The molecule has 2 rings (SSSR count). The molecule has 1 saturated heterocycles. The van der Waals surface area contributed by atoms with Gasteiger partial charge in [0.05, 0.1) is 12.6 Å². The fourth-order valence-corrected chi connectivity index (χ4v) is 1.77. The Morgan fingerprint density at radius 2 is 2.36 bits per heavy atom. The van der Waals surface area contributed by atoms with E-state index < -0.39 is 0 Å². The molecular weight excluding hydrogens is 178 g/mol. The highest BCUT2D eigenvalue weighted by Crippen LogP contribution is 2.24. The second-order valence-electron chi connectivity index (χ2n) is 3.56. The van der Waals surface area contributed by atoms with Crippen LogP contribution >= 0.6 is 0 Å². The summed E-state index contributed by atoms with van der Waals surface area (Å²) in [6, 6.07) is 7.84. The van der Waals surface area contributed by atoms with E-state index in [0.29, 0.717) is 6.42 Å². The summed E-state index contributed by atoms with van der Waals surface area (Å²) in [5.41, 5.74) is 1.98. The van der Waals surface area contributed by atoms with Crippen LogP contribution in [0.3, 0.4) is 0 Å². The van der Waals surface area contributed by atoms with E-state index in [2.05, 4.69) is 5.32 Å². The van der Waals surface area contributed by atoms with Gasteiger partial charge in [0.1, 0.15) is 0 Å². The summed E-state index contributed by atoms with van der Waals surface area (Å²) in [6.07, 6.45) is 1.46. The van der Waals surface area contributed by atoms with Crippen molar-refractivity contribution in [1.29, 1.82) is 0 Å². The van der Waals surface area contributed by atoms with Gasteiger partial charge in [0.15, 0.2) is 0 Å². The maximum Gasteiger partial charge on any atom is 0.220 e. The first-order valence-electron chi connectivity index (χ1n) is 4.78. The highest BCUT2D eigenvalue weighted by molar-refractivity contribution is 5.78. The van der Waals surface area contributed by atoms with Crippen molar-refractivity contribution < 1.29 is 9.90 Å². The van der Waals surface area contributed by atoms with Crippen molar-refractivity contribution in [2.75, 3.05) is 0 Å². The number of aliphatic hydroxyl groups excluding tert-OH is 1. The van der Waals surface area contributed by atoms with Gasteiger partial charge >= 0.3 is 0 Å². The van der Waals surface area contributed by atoms with Crippen LogP contribution in [0.1, 0.15) is 30.0 Å². The van der Waals surface area contributed by atoms with Crippen molar-refractivity contribution in [2.24, 2.45) is 0 Å². The molecule has 1 amide bonds. The topological polar surface area (TPSA) is 49.3 Å². The zero-order valence-corrected chi connectivity index (χ0v) is 7.86. The van der Waals surface area contributed by atoms with Crippen molar-refractivity contribution in [2.45, 2.75) is 25.5 Å². The summed E-state index contributed by atoms with van der Waals surface area (Å²) >= 11 is 0. The van der Waals surface area contributed by atoms with Gasteiger partial charge in [0.25, 0.3) is 0 Å². The highest BCUT2D eigenvalue weighted by atomic mass is 16.3. The second kappa shape index (κ2) is 3.80. The van der Waals surface area contributed by atoms with Crippen LogP contribution in [0.25, 0.3) is 0 Å². The third-order valence-electron chi connectivity index (χ3n) is 2.53. The summed E-state index contributed by atoms with van der Waals surface area (Å²) < 4.78 is 0. The molecule has 1 fully saturated rings. The summed E-state index contributed by atoms with van der Waals surface area (Å²) in [5.74, 6) is 0.115. The standard InChI is InChI=1S/C11H13NO2/c13-7-8-2-1-3-9(6-8)10-4-5-11(14)12-10/h1-3,6,10,13H,4-5,7H2,(H,12,14)/t10-/m0/s1. The number of carbonyl (C=O) groups is 1. The molecular formula is C11H13NO2. The first-order chi connectivity index (χ1) is 6.79. The number of carbonyl (C=O) groups excluding carboxylic acids is 1. The number of nitrogens with one attached hydrogen (secondary N) is 1. The van der Waals surface area contributed by atoms with Gasteiger partial charge < -0.3 is 10.4 Å². The van der Waals surface area contributed by atoms with Crippen LogP contribution in [0.4, 0.5) is 0 Å². The molecule has 1 aliphatic rings. The third kappa shape index (κ3) is 1.77. The second-order valence-corrected chi connectivity index (χ2v) is 3.56. The molecule has 1 aliphatic heterocycles. The number of amides is 1. The molecule has 0 aliphatic carbocycles. The van der Waals surface area contributed by atoms with E-state index in [9.17, 15) is 4.79 Å². The summed E-state index contributed by atoms with van der Waals surface area (Å²) in [5, 5.41) is 11.9. The summed E-state index contributed by atoms with van der Waals surface area (Å²) in [6.45, 7) is 0.0501. The fraction of sp³-hybridized carbons (Fsp3) is 0.364. The Morgan fingerprint density at radius 3 is 3.00 bits per heavy atom. The molecule has 0 saturated carbocycles. The summed E-state index contributed by atoms with van der Waals surface area (Å²) in [7, 11) is 0. The van der Waals surface area contributed by atoms with Crippen molar-refractivity contribution in [3.63, 3.8) is 0 Å². The van der Waals surface area contributed by atoms with Crippen LogP contribution in [0.15, 0.2) is 24.3 Å². The van der Waals surface area contributed by atoms with Crippen LogP contribution in [0.2, 0.25) is 0 Å². The molecule has 1 aromatic carbocycles. The number of hydrogen-bond acceptors (Lipinski definition) is 2. The molecule has 3 heteroatoms. The summed E-state index contributed by atoms with van der Waals surface area (Å²) in [4.78, 5) is 11.0. The lowest BCUT2D eigenvalue weighted by atomic mass is 10.0. The molecule has 74 valence electrons. The van der Waals surface area contributed by atoms with Gasteiger partial charge in [0, 0.05) is 6.42 Å². The van der Waals surface area contributed by atoms with E-state index in [1.165, 1.54) is 0 Å². The molecule has 2 N–H and O–H groups in total. The quantitative estimate of drug-likeness (QED) is 0.736. The van der Waals surface area contributed by atoms with Gasteiger partial charge in [-0.3, -0.25) is 4.79 Å². The first-order valence-corrected chi connectivity index (χ1v) is 4.78. The largest absolute Gasteiger partial charge is 0.392 e. The Morgan fingerprint density at radius 1 is 1.50 bits per heavy atom. The number of aliphatic hydroxyl groups is 1. The van der Waals surface area contributed by atoms with E-state index in [-0.39, 0.29) is 18.6 Å². The van der Waals surface area contributed by atoms with Crippen LogP contribution < -0.4 is 5.32 Å². The average molecular weight is 191 g/mol. The van der Waals surface area contributed by atoms with E-state index in [0.717, 1.165) is 17.5 Å². The average Bonchev–Trinajstić information content (AvgIpc) is 2.65. The van der Waals surface area contributed by atoms with Crippen LogP contribution in [0.5, 0.6) is 0 Å². The SMILES string of the molecule is O=C1CC[C@@H](c2cccc(CO)c2)N1. The minimum Gasteiger partial charge on any atom is -0.392 e. The molecule has 0 aromatic heterocycles. The third-order valence-corrected chi connectivity index (χ3v) is 2.53. The van der Waals surface area contributed by atoms with E-state index in [4.69, 9.17) is 5.11 Å². The van der Waals surface area contributed by atoms with Crippen LogP contribution in [-0.4, -0.2) is 11.0 Å². The van der Waals surface area contributed by atoms with Crippen LogP contribution in [-0.2, 0) is 11.4 Å². The minimum absolute atomic E-state index is 0.0501. The van der Waals surface area contributed by atoms with Crippen LogP contribution in [0, 0.1) is 0 Å². The molecule has 0 unspecified atom stereocenters. The van der Waals surface area contributed by atoms with E-state index >= 15 is 0 Å². The maximum atomic E-state index is 11.0. The smallest absolute Gasteiger partial charge is 0.220 e. The first kappa shape index (κ1) is 9.21. The van der Waals surface area contributed by atoms with E-state index in [1.807, 2.05) is 24.3 Å². The Labute approximate surface area is 82.8 Å². The molecule has 0 radical (unpaired) electrons. The lowest BCUT2D eigenvalue weighted by molar-refractivity contribution is -0.119. The van der Waals surface area contributed by atoms with E-state index in [1.54, 1.807) is 0 Å². The molecule has 3 nitrogen and oxygen atoms in total. The minimum atomic E-state index is 0.0501. The van der Waals surface area contributed by atoms with Crippen molar-refractivity contribution in [1.82, 2.24) is 5.32 Å². The Bertz CT molecular complexity index is 349. The van der Waals surface area contributed by atoms with Crippen molar-refractivity contribution in [3.05, 3.63) is 35.4 Å². The molecule has 1 aromatic rings. The van der Waals surface area contributed by atoms with Gasteiger partial charge in [0.2, 0.25) is 5.91 Å². The molecule has 1 atom stereocenters. The monoisotopic (exact) mass is 191 g/mol. The normalized spacial score (nSPS) is 20.9. The van der Waals surface area contributed by atoms with Gasteiger partial charge in [-0.15, -0.1) is 0 Å². The lowest BCUT2D eigenvalue weighted by Crippen LogP contribution is -2.18. The highest BCUT2D eigenvalue weighted by Gasteiger charge is 2.21. The Kier molecular flexibility index (Phi) is 2.50. The van der Waals surface area contributed by atoms with Gasteiger partial charge in [-0.25, -0.2) is 0 Å². The predicted molar refractivity (Wildman–Crippen MR) is 52.5 cm³/mol. The predicted octanol–water partition coefficient (Wildman–Crippen LogP) is 1.13. The number of benzene rings is 1. The van der Waals surface area contributed by atoms with Gasteiger partial charge in [-0.05, 0) is 17.5 Å². The maximum absolute atomic E-state index is 11.0. The molecule has 0 bridgehead atoms.